The van der Waals surface area contributed by atoms with Gasteiger partial charge in [0, 0.05) is 78.3 Å². The van der Waals surface area contributed by atoms with Crippen molar-refractivity contribution in [3.8, 4) is 28.3 Å². The monoisotopic (exact) mass is 749 g/mol. The maximum Gasteiger partial charge on any atom is 0.235 e. The van der Waals surface area contributed by atoms with Crippen molar-refractivity contribution in [2.45, 2.75) is 19.3 Å². The van der Waals surface area contributed by atoms with E-state index in [1.807, 2.05) is 22.7 Å². The highest BCUT2D eigenvalue weighted by Crippen LogP contribution is 2.52. The van der Waals surface area contributed by atoms with E-state index in [4.69, 9.17) is 9.97 Å². The Morgan fingerprint density at radius 2 is 1.16 bits per heavy atom. The van der Waals surface area contributed by atoms with Gasteiger partial charge in [0.2, 0.25) is 5.95 Å². The van der Waals surface area contributed by atoms with E-state index < -0.39 is 0 Å². The normalized spacial score (nSPS) is 13.7. The molecule has 0 bridgehead atoms. The van der Waals surface area contributed by atoms with Gasteiger partial charge in [0.05, 0.1) is 22.2 Å². The van der Waals surface area contributed by atoms with Gasteiger partial charge < -0.3 is 0 Å². The van der Waals surface area contributed by atoms with Crippen molar-refractivity contribution in [1.82, 2.24) is 14.5 Å². The van der Waals surface area contributed by atoms with Crippen molar-refractivity contribution in [3.63, 3.8) is 0 Å². The number of fused-ring (bicyclic) bond motifs is 18. The molecule has 0 unspecified atom stereocenters. The van der Waals surface area contributed by atoms with Crippen LogP contribution in [0.25, 0.3) is 112 Å². The van der Waals surface area contributed by atoms with Gasteiger partial charge in [-0.15, -0.1) is 22.7 Å². The van der Waals surface area contributed by atoms with E-state index in [1.165, 1.54) is 84.1 Å². The molecule has 0 saturated heterocycles. The molecule has 5 heteroatoms. The van der Waals surface area contributed by atoms with Gasteiger partial charge in [0.25, 0.3) is 0 Å². The van der Waals surface area contributed by atoms with Gasteiger partial charge in [0.15, 0.2) is 0 Å². The lowest BCUT2D eigenvalue weighted by molar-refractivity contribution is 0.660. The van der Waals surface area contributed by atoms with Crippen molar-refractivity contribution in [3.05, 3.63) is 163 Å². The van der Waals surface area contributed by atoms with Crippen molar-refractivity contribution in [2.24, 2.45) is 0 Å². The summed E-state index contributed by atoms with van der Waals surface area (Å²) in [6.45, 7) is 4.69. The summed E-state index contributed by atoms with van der Waals surface area (Å²) >= 11 is 3.78. The first kappa shape index (κ1) is 30.9. The van der Waals surface area contributed by atoms with E-state index in [1.54, 1.807) is 0 Å². The zero-order valence-electron chi connectivity index (χ0n) is 30.6. The van der Waals surface area contributed by atoms with Crippen LogP contribution in [0.4, 0.5) is 0 Å². The van der Waals surface area contributed by atoms with E-state index in [2.05, 4.69) is 170 Å². The summed E-state index contributed by atoms with van der Waals surface area (Å²) in [6, 6.07) is 55.6. The Morgan fingerprint density at radius 3 is 2.02 bits per heavy atom. The molecule has 0 aliphatic heterocycles. The highest BCUT2D eigenvalue weighted by molar-refractivity contribution is 7.27. The molecule has 0 radical (unpaired) electrons. The quantitative estimate of drug-likeness (QED) is 0.176. The van der Waals surface area contributed by atoms with Gasteiger partial charge in [-0.05, 0) is 58.7 Å². The van der Waals surface area contributed by atoms with Gasteiger partial charge in [0.1, 0.15) is 0 Å². The van der Waals surface area contributed by atoms with E-state index in [-0.39, 0.29) is 5.41 Å². The van der Waals surface area contributed by atoms with Crippen LogP contribution < -0.4 is 0 Å². The van der Waals surface area contributed by atoms with Crippen LogP contribution in [0.3, 0.4) is 0 Å². The summed E-state index contributed by atoms with van der Waals surface area (Å²) in [6.07, 6.45) is 0. The average molecular weight is 750 g/mol. The van der Waals surface area contributed by atoms with Gasteiger partial charge in [-0.25, -0.2) is 9.97 Å². The number of aromatic nitrogens is 3. The third-order valence-corrected chi connectivity index (χ3v) is 14.7. The first-order chi connectivity index (χ1) is 27.5. The molecule has 0 N–H and O–H groups in total. The molecular formula is C51H31N3S2. The topological polar surface area (TPSA) is 30.7 Å². The Hall–Kier alpha value is -6.40. The van der Waals surface area contributed by atoms with E-state index in [9.17, 15) is 0 Å². The molecule has 12 aromatic rings. The Morgan fingerprint density at radius 1 is 0.482 bits per heavy atom. The molecule has 13 rings (SSSR count). The molecule has 4 aromatic heterocycles. The number of rotatable bonds is 2. The second-order valence-corrected chi connectivity index (χ2v) is 17.8. The average Bonchev–Trinajstić information content (AvgIpc) is 3.97. The maximum absolute atomic E-state index is 5.63. The molecule has 0 fully saturated rings. The van der Waals surface area contributed by atoms with Crippen LogP contribution in [0.2, 0.25) is 0 Å². The molecule has 262 valence electrons. The van der Waals surface area contributed by atoms with Crippen LogP contribution in [0, 0.1) is 0 Å². The smallest absolute Gasteiger partial charge is 0.235 e. The highest BCUT2D eigenvalue weighted by atomic mass is 32.1. The minimum atomic E-state index is -0.119. The van der Waals surface area contributed by atoms with E-state index in [0.29, 0.717) is 5.95 Å². The molecule has 8 aromatic carbocycles. The minimum absolute atomic E-state index is 0.119. The number of para-hydroxylation sites is 2. The fraction of sp³-hybridized carbons (Fsp3) is 0.0588. The number of nitrogens with zero attached hydrogens (tertiary/aromatic N) is 3. The third-order valence-electron chi connectivity index (χ3n) is 12.4. The fourth-order valence-corrected chi connectivity index (χ4v) is 12.3. The maximum atomic E-state index is 5.63. The fourth-order valence-electron chi connectivity index (χ4n) is 9.91. The summed E-state index contributed by atoms with van der Waals surface area (Å²) in [5.74, 6) is 0.685. The zero-order valence-corrected chi connectivity index (χ0v) is 32.2. The second-order valence-electron chi connectivity index (χ2n) is 15.7. The van der Waals surface area contributed by atoms with Crippen molar-refractivity contribution < 1.29 is 0 Å². The molecule has 0 atom stereocenters. The predicted octanol–water partition coefficient (Wildman–Crippen LogP) is 14.6. The van der Waals surface area contributed by atoms with Crippen molar-refractivity contribution in [1.29, 1.82) is 0 Å². The number of hydrogen-bond donors (Lipinski definition) is 0. The number of hydrogen-bond acceptors (Lipinski definition) is 4. The lowest BCUT2D eigenvalue weighted by Gasteiger charge is -2.22. The molecule has 1 aliphatic rings. The molecule has 0 saturated carbocycles. The largest absolute Gasteiger partial charge is 0.277 e. The van der Waals surface area contributed by atoms with Gasteiger partial charge in [-0.2, -0.15) is 0 Å². The molecule has 1 aliphatic carbocycles. The Labute approximate surface area is 329 Å². The lowest BCUT2D eigenvalue weighted by Crippen LogP contribution is -2.15. The SMILES string of the molecule is CC1(C)c2ccccc2-c2ccc(-c3nc(-n4c5ccccc5c5c6sc7ccccc7c6c6c(ccc7sc8ccccc8c76)c54)nc4ccccc34)cc21. The highest BCUT2D eigenvalue weighted by Gasteiger charge is 2.35. The molecular weight excluding hydrogens is 719 g/mol. The lowest BCUT2D eigenvalue weighted by atomic mass is 9.82. The molecule has 0 spiro atoms. The molecule has 3 nitrogen and oxygen atoms in total. The molecule has 56 heavy (non-hydrogen) atoms. The number of benzene rings is 8. The molecule has 0 amide bonds. The first-order valence-corrected chi connectivity index (χ1v) is 20.8. The minimum Gasteiger partial charge on any atom is -0.277 e. The predicted molar refractivity (Wildman–Crippen MR) is 240 cm³/mol. The van der Waals surface area contributed by atoms with Gasteiger partial charge in [-0.3, -0.25) is 4.57 Å². The van der Waals surface area contributed by atoms with Crippen LogP contribution in [-0.2, 0) is 5.41 Å². The number of thiophene rings is 2. The van der Waals surface area contributed by atoms with E-state index >= 15 is 0 Å². The first-order valence-electron chi connectivity index (χ1n) is 19.2. The van der Waals surface area contributed by atoms with Crippen molar-refractivity contribution >= 4 is 106 Å². The second kappa shape index (κ2) is 10.9. The van der Waals surface area contributed by atoms with Gasteiger partial charge in [-0.1, -0.05) is 129 Å². The van der Waals surface area contributed by atoms with Crippen LogP contribution in [0.1, 0.15) is 25.0 Å². The summed E-state index contributed by atoms with van der Waals surface area (Å²) in [5.41, 5.74) is 10.5. The zero-order chi connectivity index (χ0) is 36.9. The Bertz CT molecular complexity index is 3690. The summed E-state index contributed by atoms with van der Waals surface area (Å²) in [5, 5.41) is 11.3. The standard InChI is InChI=1S/C51H31N3S2/c1-51(2)36-18-8-3-13-29(36)30-24-23-28(27-37(30)51)47-31-14-4-9-19-38(31)52-50(53-47)54-39-20-10-5-15-32(39)46-48(54)35-25-26-42-43(33-16-6-11-21-40(33)55-42)44(35)45-34-17-7-12-22-41(34)56-49(45)46/h3-27H,1-2H3. The van der Waals surface area contributed by atoms with Crippen LogP contribution in [-0.4, -0.2) is 14.5 Å². The van der Waals surface area contributed by atoms with Crippen LogP contribution in [0.5, 0.6) is 0 Å². The molecule has 4 heterocycles. The summed E-state index contributed by atoms with van der Waals surface area (Å²) < 4.78 is 7.60. The Balaban J connectivity index is 1.19. The Kier molecular flexibility index (Phi) is 6.00. The van der Waals surface area contributed by atoms with Crippen molar-refractivity contribution in [2.75, 3.05) is 0 Å². The van der Waals surface area contributed by atoms with E-state index in [0.717, 1.165) is 33.2 Å². The summed E-state index contributed by atoms with van der Waals surface area (Å²) in [7, 11) is 0. The third kappa shape index (κ3) is 3.91. The van der Waals surface area contributed by atoms with Crippen LogP contribution in [0.15, 0.2) is 152 Å². The van der Waals surface area contributed by atoms with Gasteiger partial charge >= 0.3 is 0 Å². The van der Waals surface area contributed by atoms with Crippen LogP contribution >= 0.6 is 22.7 Å². The summed E-state index contributed by atoms with van der Waals surface area (Å²) in [4.78, 5) is 11.1.